The lowest BCUT2D eigenvalue weighted by atomic mass is 10.1. The van der Waals surface area contributed by atoms with Crippen molar-refractivity contribution in [2.24, 2.45) is 0 Å². The van der Waals surface area contributed by atoms with Crippen LogP contribution in [0.2, 0.25) is 0 Å². The van der Waals surface area contributed by atoms with Gasteiger partial charge in [0, 0.05) is 28.1 Å². The molecule has 0 saturated heterocycles. The van der Waals surface area contributed by atoms with Crippen LogP contribution in [0, 0.1) is 31.6 Å². The highest BCUT2D eigenvalue weighted by molar-refractivity contribution is 9.09. The molecule has 0 radical (unpaired) electrons. The van der Waals surface area contributed by atoms with Crippen LogP contribution in [0.15, 0.2) is 24.3 Å². The Hall–Kier alpha value is -2.01. The number of hydrogen-bond acceptors (Lipinski definition) is 5. The molecule has 0 bridgehead atoms. The second-order valence-electron chi connectivity index (χ2n) is 2.80. The Bertz CT molecular complexity index is 498. The Kier molecular flexibility index (Phi) is 3.20. The van der Waals surface area contributed by atoms with E-state index in [0.29, 0.717) is 0 Å². The summed E-state index contributed by atoms with van der Waals surface area (Å²) in [5.74, 6) is 0. The zero-order valence-electron chi connectivity index (χ0n) is 7.66. The Morgan fingerprint density at radius 1 is 1.38 bits per heavy atom. The topological polar surface area (TPSA) is 110 Å². The minimum absolute atomic E-state index is 0.0887. The molecule has 1 aromatic carbocycles. The lowest BCUT2D eigenvalue weighted by Crippen LogP contribution is -2.26. The van der Waals surface area contributed by atoms with E-state index in [1.807, 2.05) is 0 Å². The van der Waals surface area contributed by atoms with E-state index in [1.165, 1.54) is 24.3 Å². The molecule has 1 unspecified atom stereocenters. The van der Waals surface area contributed by atoms with E-state index < -0.39 is 14.3 Å². The zero-order valence-corrected chi connectivity index (χ0v) is 9.25. The smallest absolute Gasteiger partial charge is 0.262 e. The van der Waals surface area contributed by atoms with Crippen molar-refractivity contribution in [2.75, 3.05) is 0 Å². The van der Waals surface area contributed by atoms with Crippen molar-refractivity contribution >= 4 is 21.6 Å². The first kappa shape index (κ1) is 12.1. The van der Waals surface area contributed by atoms with Gasteiger partial charge in [-0.2, -0.15) is 5.26 Å². The van der Waals surface area contributed by atoms with Gasteiger partial charge < -0.3 is 0 Å². The fourth-order valence-electron chi connectivity index (χ4n) is 1.04. The Morgan fingerprint density at radius 3 is 2.44 bits per heavy atom. The van der Waals surface area contributed by atoms with Crippen LogP contribution in [-0.2, 0) is 4.45 Å². The fraction of sp³-hybridized carbons (Fsp3) is 0.125. The van der Waals surface area contributed by atoms with Crippen molar-refractivity contribution in [2.45, 2.75) is 4.45 Å². The van der Waals surface area contributed by atoms with E-state index in [0.717, 1.165) is 6.07 Å². The third-order valence-corrected chi connectivity index (χ3v) is 2.76. The number of halogens is 1. The van der Waals surface area contributed by atoms with Gasteiger partial charge in [0.05, 0.1) is 15.4 Å². The van der Waals surface area contributed by atoms with Gasteiger partial charge in [-0.15, -0.1) is 0 Å². The predicted octanol–water partition coefficient (Wildman–Crippen LogP) is 1.94. The number of rotatable bonds is 3. The highest BCUT2D eigenvalue weighted by atomic mass is 79.9. The van der Waals surface area contributed by atoms with Crippen molar-refractivity contribution in [3.8, 4) is 6.07 Å². The summed E-state index contributed by atoms with van der Waals surface area (Å²) in [4.78, 5) is 19.6. The Balaban J connectivity index is 3.34. The number of nitrogens with zero attached hydrogens (tertiary/aromatic N) is 3. The molecule has 0 aliphatic heterocycles. The summed E-state index contributed by atoms with van der Waals surface area (Å²) in [6.07, 6.45) is 0. The molecule has 8 heteroatoms. The number of benzene rings is 1. The lowest BCUT2D eigenvalue weighted by Gasteiger charge is -2.10. The molecular formula is C8H4BrN3O4. The van der Waals surface area contributed by atoms with Crippen LogP contribution >= 0.6 is 15.9 Å². The number of nitriles is 1. The van der Waals surface area contributed by atoms with Crippen LogP contribution in [-0.4, -0.2) is 9.85 Å². The van der Waals surface area contributed by atoms with Crippen molar-refractivity contribution in [3.63, 3.8) is 0 Å². The summed E-state index contributed by atoms with van der Waals surface area (Å²) in [6, 6.07) is 6.18. The molecule has 0 amide bonds. The monoisotopic (exact) mass is 285 g/mol. The molecule has 0 N–H and O–H groups in total. The highest BCUT2D eigenvalue weighted by Gasteiger charge is 2.43. The van der Waals surface area contributed by atoms with E-state index >= 15 is 0 Å². The van der Waals surface area contributed by atoms with E-state index in [-0.39, 0.29) is 11.3 Å². The van der Waals surface area contributed by atoms with Gasteiger partial charge in [0.25, 0.3) is 5.69 Å². The summed E-state index contributed by atoms with van der Waals surface area (Å²) in [6.45, 7) is 0. The maximum absolute atomic E-state index is 10.7. The first-order valence-corrected chi connectivity index (χ1v) is 4.70. The van der Waals surface area contributed by atoms with Gasteiger partial charge in [-0.1, -0.05) is 6.07 Å². The lowest BCUT2D eigenvalue weighted by molar-refractivity contribution is -0.526. The average molecular weight is 286 g/mol. The van der Waals surface area contributed by atoms with Crippen LogP contribution < -0.4 is 0 Å². The first-order chi connectivity index (χ1) is 7.41. The predicted molar refractivity (Wildman–Crippen MR) is 56.3 cm³/mol. The molecule has 0 aromatic heterocycles. The van der Waals surface area contributed by atoms with Crippen LogP contribution in [0.4, 0.5) is 5.69 Å². The van der Waals surface area contributed by atoms with E-state index in [1.54, 1.807) is 0 Å². The second-order valence-corrected chi connectivity index (χ2v) is 3.95. The van der Waals surface area contributed by atoms with E-state index in [2.05, 4.69) is 15.9 Å². The van der Waals surface area contributed by atoms with Gasteiger partial charge in [0.15, 0.2) is 6.07 Å². The molecule has 1 aromatic rings. The molecule has 82 valence electrons. The summed E-state index contributed by atoms with van der Waals surface area (Å²) < 4.78 is -2.15. The van der Waals surface area contributed by atoms with Crippen LogP contribution in [0.1, 0.15) is 5.56 Å². The van der Waals surface area contributed by atoms with E-state index in [4.69, 9.17) is 5.26 Å². The standard InChI is InChI=1S/C8H4BrN3O4/c9-8(5-10,12(15)16)6-2-1-3-7(4-6)11(13)14/h1-4H. The number of non-ortho nitro benzene ring substituents is 1. The summed E-state index contributed by atoms with van der Waals surface area (Å²) in [5, 5.41) is 29.9. The zero-order chi connectivity index (χ0) is 12.3. The molecule has 7 nitrogen and oxygen atoms in total. The number of hydrogen-bond donors (Lipinski definition) is 0. The average Bonchev–Trinajstić information content (AvgIpc) is 2.27. The maximum Gasteiger partial charge on any atom is 0.383 e. The summed E-state index contributed by atoms with van der Waals surface area (Å²) in [5.41, 5.74) is -0.396. The number of nitro groups is 2. The van der Waals surface area contributed by atoms with Crippen LogP contribution in [0.25, 0.3) is 0 Å². The van der Waals surface area contributed by atoms with Gasteiger partial charge in [-0.3, -0.25) is 20.2 Å². The fourth-order valence-corrected chi connectivity index (χ4v) is 1.28. The minimum Gasteiger partial charge on any atom is -0.262 e. The van der Waals surface area contributed by atoms with Crippen molar-refractivity contribution in [1.29, 1.82) is 5.26 Å². The quantitative estimate of drug-likeness (QED) is 0.365. The highest BCUT2D eigenvalue weighted by Crippen LogP contribution is 2.32. The van der Waals surface area contributed by atoms with Crippen molar-refractivity contribution < 1.29 is 9.85 Å². The molecule has 0 spiro atoms. The summed E-state index contributed by atoms with van der Waals surface area (Å²) >= 11 is 2.66. The third kappa shape index (κ3) is 1.99. The Labute approximate surface area is 97.7 Å². The van der Waals surface area contributed by atoms with Gasteiger partial charge in [0.1, 0.15) is 0 Å². The molecule has 1 rings (SSSR count). The maximum atomic E-state index is 10.7. The van der Waals surface area contributed by atoms with Gasteiger partial charge in [-0.25, -0.2) is 0 Å². The first-order valence-electron chi connectivity index (χ1n) is 3.91. The molecule has 0 fully saturated rings. The van der Waals surface area contributed by atoms with Crippen molar-refractivity contribution in [3.05, 3.63) is 50.1 Å². The SMILES string of the molecule is N#CC(Br)(c1cccc([N+](=O)[O-])c1)[N+](=O)[O-]. The normalized spacial score (nSPS) is 13.5. The van der Waals surface area contributed by atoms with Crippen LogP contribution in [0.3, 0.4) is 0 Å². The minimum atomic E-state index is -2.15. The molecule has 1 atom stereocenters. The van der Waals surface area contributed by atoms with Gasteiger partial charge in [-0.05, 0) is 6.07 Å². The molecule has 0 aliphatic carbocycles. The molecular weight excluding hydrogens is 282 g/mol. The second kappa shape index (κ2) is 4.24. The third-order valence-electron chi connectivity index (χ3n) is 1.84. The van der Waals surface area contributed by atoms with Crippen molar-refractivity contribution in [1.82, 2.24) is 0 Å². The number of alkyl halides is 1. The van der Waals surface area contributed by atoms with Gasteiger partial charge >= 0.3 is 4.45 Å². The number of nitro benzene ring substituents is 1. The molecule has 0 aliphatic rings. The molecule has 0 heterocycles. The van der Waals surface area contributed by atoms with E-state index in [9.17, 15) is 20.2 Å². The Morgan fingerprint density at radius 2 is 2.00 bits per heavy atom. The molecule has 0 saturated carbocycles. The molecule has 16 heavy (non-hydrogen) atoms. The van der Waals surface area contributed by atoms with Crippen LogP contribution in [0.5, 0.6) is 0 Å². The van der Waals surface area contributed by atoms with Gasteiger partial charge in [0.2, 0.25) is 0 Å². The summed E-state index contributed by atoms with van der Waals surface area (Å²) in [7, 11) is 0. The largest absolute Gasteiger partial charge is 0.383 e.